The number of aliphatic carboxylic acids is 1. The minimum atomic E-state index is -0.743. The fourth-order valence-electron chi connectivity index (χ4n) is 2.94. The van der Waals surface area contributed by atoms with E-state index in [1.807, 2.05) is 11.8 Å². The lowest BCUT2D eigenvalue weighted by Crippen LogP contribution is -2.48. The number of morpholine rings is 1. The Morgan fingerprint density at radius 2 is 2.30 bits per heavy atom. The fourth-order valence-corrected chi connectivity index (χ4v) is 4.28. The van der Waals surface area contributed by atoms with E-state index >= 15 is 0 Å². The predicted octanol–water partition coefficient (Wildman–Crippen LogP) is 1.88. The Kier molecular flexibility index (Phi) is 4.29. The second-order valence-electron chi connectivity index (χ2n) is 5.37. The maximum Gasteiger partial charge on any atom is 0.305 e. The molecule has 2 unspecified atom stereocenters. The third-order valence-electron chi connectivity index (χ3n) is 3.91. The maximum atomic E-state index is 10.9. The zero-order valence-electron chi connectivity index (χ0n) is 11.3. The molecule has 3 rings (SSSR count). The standard InChI is InChI=1S/C15H19NO3S/c17-15(18)8-12-10-19-6-5-16(12)9-13-7-11-3-1-2-4-14(11)20-13/h1-4,12-13H,5-10H2,(H,17,18). The molecule has 0 aliphatic carbocycles. The molecule has 2 heterocycles. The quantitative estimate of drug-likeness (QED) is 0.918. The summed E-state index contributed by atoms with van der Waals surface area (Å²) in [6.07, 6.45) is 1.25. The van der Waals surface area contributed by atoms with Crippen LogP contribution in [0.4, 0.5) is 0 Å². The number of benzene rings is 1. The van der Waals surface area contributed by atoms with Crippen molar-refractivity contribution in [2.75, 3.05) is 26.3 Å². The van der Waals surface area contributed by atoms with Gasteiger partial charge in [0.1, 0.15) is 0 Å². The molecule has 2 aliphatic rings. The molecule has 1 N–H and O–H groups in total. The molecule has 108 valence electrons. The van der Waals surface area contributed by atoms with Crippen molar-refractivity contribution in [1.82, 2.24) is 4.90 Å². The second kappa shape index (κ2) is 6.16. The van der Waals surface area contributed by atoms with Crippen LogP contribution in [0.2, 0.25) is 0 Å². The van der Waals surface area contributed by atoms with E-state index < -0.39 is 5.97 Å². The average Bonchev–Trinajstić information content (AvgIpc) is 2.82. The van der Waals surface area contributed by atoms with Gasteiger partial charge in [0.15, 0.2) is 0 Å². The molecule has 0 bridgehead atoms. The Morgan fingerprint density at radius 3 is 3.10 bits per heavy atom. The molecule has 2 aliphatic heterocycles. The average molecular weight is 293 g/mol. The van der Waals surface area contributed by atoms with Crippen molar-refractivity contribution >= 4 is 17.7 Å². The molecule has 2 atom stereocenters. The lowest BCUT2D eigenvalue weighted by atomic mass is 10.1. The van der Waals surface area contributed by atoms with Crippen LogP contribution in [-0.2, 0) is 16.0 Å². The number of carboxylic acids is 1. The smallest absolute Gasteiger partial charge is 0.305 e. The van der Waals surface area contributed by atoms with Gasteiger partial charge < -0.3 is 9.84 Å². The molecule has 0 spiro atoms. The summed E-state index contributed by atoms with van der Waals surface area (Å²) in [6, 6.07) is 8.55. The molecule has 1 fully saturated rings. The Labute approximate surface area is 123 Å². The lowest BCUT2D eigenvalue weighted by molar-refractivity contribution is -0.140. The first-order valence-electron chi connectivity index (χ1n) is 7.00. The number of thioether (sulfide) groups is 1. The first-order valence-corrected chi connectivity index (χ1v) is 7.88. The molecular formula is C15H19NO3S. The van der Waals surface area contributed by atoms with Gasteiger partial charge in [-0.1, -0.05) is 18.2 Å². The Bertz CT molecular complexity index is 469. The number of hydrogen-bond donors (Lipinski definition) is 1. The first kappa shape index (κ1) is 13.9. The minimum Gasteiger partial charge on any atom is -0.481 e. The summed E-state index contributed by atoms with van der Waals surface area (Å²) in [5.41, 5.74) is 1.42. The van der Waals surface area contributed by atoms with Crippen LogP contribution >= 0.6 is 11.8 Å². The number of hydrogen-bond acceptors (Lipinski definition) is 4. The van der Waals surface area contributed by atoms with Gasteiger partial charge in [0.05, 0.1) is 19.6 Å². The number of nitrogens with zero attached hydrogens (tertiary/aromatic N) is 1. The second-order valence-corrected chi connectivity index (χ2v) is 6.72. The summed E-state index contributed by atoms with van der Waals surface area (Å²) in [4.78, 5) is 14.6. The highest BCUT2D eigenvalue weighted by atomic mass is 32.2. The molecule has 5 heteroatoms. The molecule has 4 nitrogen and oxygen atoms in total. The first-order chi connectivity index (χ1) is 9.72. The molecule has 0 saturated carbocycles. The molecule has 1 aromatic rings. The van der Waals surface area contributed by atoms with E-state index in [-0.39, 0.29) is 12.5 Å². The van der Waals surface area contributed by atoms with Crippen molar-refractivity contribution in [3.8, 4) is 0 Å². The number of carboxylic acid groups (broad SMARTS) is 1. The van der Waals surface area contributed by atoms with Crippen LogP contribution in [0.5, 0.6) is 0 Å². The van der Waals surface area contributed by atoms with Crippen molar-refractivity contribution in [2.45, 2.75) is 29.0 Å². The summed E-state index contributed by atoms with van der Waals surface area (Å²) < 4.78 is 5.43. The normalized spacial score (nSPS) is 26.4. The number of ether oxygens (including phenoxy) is 1. The van der Waals surface area contributed by atoms with Gasteiger partial charge >= 0.3 is 5.97 Å². The van der Waals surface area contributed by atoms with Gasteiger partial charge in [-0.25, -0.2) is 0 Å². The van der Waals surface area contributed by atoms with Crippen molar-refractivity contribution in [3.05, 3.63) is 29.8 Å². The molecule has 0 amide bonds. The van der Waals surface area contributed by atoms with Gasteiger partial charge in [0, 0.05) is 29.3 Å². The maximum absolute atomic E-state index is 10.9. The summed E-state index contributed by atoms with van der Waals surface area (Å²) in [7, 11) is 0. The van der Waals surface area contributed by atoms with E-state index in [1.54, 1.807) is 0 Å². The minimum absolute atomic E-state index is 0.0190. The van der Waals surface area contributed by atoms with Gasteiger partial charge in [-0.2, -0.15) is 0 Å². The number of carbonyl (C=O) groups is 1. The van der Waals surface area contributed by atoms with Crippen LogP contribution in [0, 0.1) is 0 Å². The highest BCUT2D eigenvalue weighted by Gasteiger charge is 2.30. The molecule has 0 aromatic heterocycles. The van der Waals surface area contributed by atoms with E-state index in [4.69, 9.17) is 9.84 Å². The van der Waals surface area contributed by atoms with Crippen LogP contribution in [0.15, 0.2) is 29.2 Å². The van der Waals surface area contributed by atoms with E-state index in [9.17, 15) is 4.79 Å². The van der Waals surface area contributed by atoms with Gasteiger partial charge in [0.2, 0.25) is 0 Å². The summed E-state index contributed by atoms with van der Waals surface area (Å²) in [6.45, 7) is 3.03. The number of rotatable bonds is 4. The van der Waals surface area contributed by atoms with Crippen molar-refractivity contribution in [3.63, 3.8) is 0 Å². The van der Waals surface area contributed by atoms with Crippen LogP contribution in [0.3, 0.4) is 0 Å². The summed E-state index contributed by atoms with van der Waals surface area (Å²) in [5.74, 6) is -0.743. The van der Waals surface area contributed by atoms with Gasteiger partial charge in [-0.05, 0) is 18.1 Å². The zero-order chi connectivity index (χ0) is 13.9. The Hall–Kier alpha value is -1.04. The summed E-state index contributed by atoms with van der Waals surface area (Å²) >= 11 is 1.92. The van der Waals surface area contributed by atoms with E-state index in [2.05, 4.69) is 29.2 Å². The molecule has 1 saturated heterocycles. The lowest BCUT2D eigenvalue weighted by Gasteiger charge is -2.36. The highest BCUT2D eigenvalue weighted by molar-refractivity contribution is 8.00. The van der Waals surface area contributed by atoms with E-state index in [0.29, 0.717) is 18.5 Å². The summed E-state index contributed by atoms with van der Waals surface area (Å²) in [5, 5.41) is 9.53. The van der Waals surface area contributed by atoms with Crippen LogP contribution in [0.25, 0.3) is 0 Å². The van der Waals surface area contributed by atoms with Gasteiger partial charge in [-0.3, -0.25) is 9.69 Å². The van der Waals surface area contributed by atoms with Gasteiger partial charge in [-0.15, -0.1) is 11.8 Å². The molecule has 1 aromatic carbocycles. The zero-order valence-corrected chi connectivity index (χ0v) is 12.1. The molecular weight excluding hydrogens is 274 g/mol. The van der Waals surface area contributed by atoms with Crippen LogP contribution < -0.4 is 0 Å². The van der Waals surface area contributed by atoms with E-state index in [1.165, 1.54) is 10.5 Å². The third-order valence-corrected chi connectivity index (χ3v) is 5.21. The third kappa shape index (κ3) is 3.16. The largest absolute Gasteiger partial charge is 0.481 e. The highest BCUT2D eigenvalue weighted by Crippen LogP contribution is 2.37. The Morgan fingerprint density at radius 1 is 1.45 bits per heavy atom. The monoisotopic (exact) mass is 293 g/mol. The van der Waals surface area contributed by atoms with Gasteiger partial charge in [0.25, 0.3) is 0 Å². The van der Waals surface area contributed by atoms with Crippen molar-refractivity contribution in [1.29, 1.82) is 0 Å². The van der Waals surface area contributed by atoms with Crippen LogP contribution in [-0.4, -0.2) is 53.6 Å². The Balaban J connectivity index is 1.61. The number of fused-ring (bicyclic) bond motifs is 1. The van der Waals surface area contributed by atoms with Crippen LogP contribution in [0.1, 0.15) is 12.0 Å². The topological polar surface area (TPSA) is 49.8 Å². The van der Waals surface area contributed by atoms with Crippen molar-refractivity contribution in [2.24, 2.45) is 0 Å². The fraction of sp³-hybridized carbons (Fsp3) is 0.533. The molecule has 0 radical (unpaired) electrons. The predicted molar refractivity (Wildman–Crippen MR) is 78.2 cm³/mol. The van der Waals surface area contributed by atoms with Crippen molar-refractivity contribution < 1.29 is 14.6 Å². The molecule has 20 heavy (non-hydrogen) atoms. The van der Waals surface area contributed by atoms with E-state index in [0.717, 1.165) is 19.5 Å². The SMILES string of the molecule is O=C(O)CC1COCCN1CC1Cc2ccccc2S1.